The van der Waals surface area contributed by atoms with Crippen LogP contribution in [0, 0.1) is 0 Å². The molecule has 1 aromatic heterocycles. The molecule has 1 heterocycles. The summed E-state index contributed by atoms with van der Waals surface area (Å²) in [5.41, 5.74) is 1.06. The number of nitrogens with one attached hydrogen (secondary N) is 1. The number of carbonyl (C=O) groups is 1. The van der Waals surface area contributed by atoms with Gasteiger partial charge in [0, 0.05) is 15.5 Å². The number of thiophene rings is 1. The van der Waals surface area contributed by atoms with Crippen LogP contribution in [-0.4, -0.2) is 5.91 Å². The summed E-state index contributed by atoms with van der Waals surface area (Å²) in [6.07, 6.45) is 0. The Hall–Kier alpha value is -0.170. The number of hydrogen-bond acceptors (Lipinski definition) is 2. The minimum absolute atomic E-state index is 0.0675. The zero-order valence-corrected chi connectivity index (χ0v) is 14.6. The van der Waals surface area contributed by atoms with Crippen LogP contribution in [0.15, 0.2) is 43.1 Å². The molecule has 18 heavy (non-hydrogen) atoms. The second-order valence-corrected chi connectivity index (χ2v) is 7.59. The van der Waals surface area contributed by atoms with Gasteiger partial charge in [0.25, 0.3) is 5.91 Å². The largest absolute Gasteiger partial charge is 0.347 e. The molecule has 2 nitrogen and oxygen atoms in total. The number of rotatable bonds is 3. The van der Waals surface area contributed by atoms with Gasteiger partial charge in [-0.25, -0.2) is 0 Å². The Balaban J connectivity index is 2.03. The maximum atomic E-state index is 11.9. The minimum atomic E-state index is -0.0675. The van der Waals surface area contributed by atoms with Crippen molar-refractivity contribution < 1.29 is 4.79 Å². The van der Waals surface area contributed by atoms with Crippen LogP contribution in [0.2, 0.25) is 0 Å². The summed E-state index contributed by atoms with van der Waals surface area (Å²) in [6.45, 7) is 0.507. The van der Waals surface area contributed by atoms with Crippen LogP contribution >= 0.6 is 59.1 Å². The van der Waals surface area contributed by atoms with Gasteiger partial charge in [0.2, 0.25) is 0 Å². The molecule has 0 spiro atoms. The van der Waals surface area contributed by atoms with E-state index >= 15 is 0 Å². The van der Waals surface area contributed by atoms with E-state index in [0.29, 0.717) is 11.4 Å². The topological polar surface area (TPSA) is 29.1 Å². The van der Waals surface area contributed by atoms with Gasteiger partial charge >= 0.3 is 0 Å². The van der Waals surface area contributed by atoms with Crippen molar-refractivity contribution in [2.24, 2.45) is 0 Å². The van der Waals surface area contributed by atoms with E-state index in [-0.39, 0.29) is 5.91 Å². The summed E-state index contributed by atoms with van der Waals surface area (Å²) in [5.74, 6) is -0.0675. The Morgan fingerprint density at radius 1 is 1.17 bits per heavy atom. The molecular formula is C12H8Br3NOS. The van der Waals surface area contributed by atoms with Crippen molar-refractivity contribution in [3.8, 4) is 0 Å². The average Bonchev–Trinajstić information content (AvgIpc) is 2.68. The SMILES string of the molecule is O=C(NCc1ccccc1Br)c1cc(Br)c(Br)s1. The molecule has 0 bridgehead atoms. The first kappa shape index (κ1) is 14.2. The Bertz CT molecular complexity index is 563. The predicted molar refractivity (Wildman–Crippen MR) is 85.0 cm³/mol. The third-order valence-electron chi connectivity index (χ3n) is 2.27. The van der Waals surface area contributed by atoms with Crippen molar-refractivity contribution in [2.45, 2.75) is 6.54 Å². The Labute approximate surface area is 134 Å². The molecule has 1 N–H and O–H groups in total. The number of benzene rings is 1. The van der Waals surface area contributed by atoms with Crippen LogP contribution < -0.4 is 5.32 Å². The van der Waals surface area contributed by atoms with Crippen LogP contribution in [0.25, 0.3) is 0 Å². The zero-order chi connectivity index (χ0) is 13.1. The van der Waals surface area contributed by atoms with Gasteiger partial charge in [-0.15, -0.1) is 11.3 Å². The molecule has 0 saturated heterocycles. The highest BCUT2D eigenvalue weighted by atomic mass is 79.9. The molecule has 0 aliphatic carbocycles. The van der Waals surface area contributed by atoms with Crippen LogP contribution in [0.3, 0.4) is 0 Å². The van der Waals surface area contributed by atoms with Gasteiger partial charge in [0.15, 0.2) is 0 Å². The molecule has 1 amide bonds. The molecule has 94 valence electrons. The number of hydrogen-bond donors (Lipinski definition) is 1. The fourth-order valence-electron chi connectivity index (χ4n) is 1.36. The minimum Gasteiger partial charge on any atom is -0.347 e. The van der Waals surface area contributed by atoms with Crippen LogP contribution in [0.5, 0.6) is 0 Å². The summed E-state index contributed by atoms with van der Waals surface area (Å²) in [7, 11) is 0. The van der Waals surface area contributed by atoms with Gasteiger partial charge in [-0.2, -0.15) is 0 Å². The zero-order valence-electron chi connectivity index (χ0n) is 9.04. The van der Waals surface area contributed by atoms with E-state index in [9.17, 15) is 4.79 Å². The molecule has 0 radical (unpaired) electrons. The molecule has 1 aromatic carbocycles. The standard InChI is InChI=1S/C12H8Br3NOS/c13-8-4-2-1-3-7(8)6-16-12(17)10-5-9(14)11(15)18-10/h1-5H,6H2,(H,16,17). The molecule has 2 rings (SSSR count). The average molecular weight is 454 g/mol. The summed E-state index contributed by atoms with van der Waals surface area (Å²) < 4.78 is 2.82. The van der Waals surface area contributed by atoms with Gasteiger partial charge in [-0.05, 0) is 49.6 Å². The number of halogens is 3. The van der Waals surface area contributed by atoms with Crippen molar-refractivity contribution >= 4 is 65.0 Å². The van der Waals surface area contributed by atoms with Gasteiger partial charge in [-0.3, -0.25) is 4.79 Å². The fourth-order valence-corrected chi connectivity index (χ4v) is 3.74. The van der Waals surface area contributed by atoms with Gasteiger partial charge in [0.1, 0.15) is 0 Å². The van der Waals surface area contributed by atoms with Crippen molar-refractivity contribution in [1.29, 1.82) is 0 Å². The van der Waals surface area contributed by atoms with E-state index in [2.05, 4.69) is 53.1 Å². The van der Waals surface area contributed by atoms with Crippen LogP contribution in [0.4, 0.5) is 0 Å². The lowest BCUT2D eigenvalue weighted by Crippen LogP contribution is -2.21. The maximum Gasteiger partial charge on any atom is 0.261 e. The second kappa shape index (κ2) is 6.32. The van der Waals surface area contributed by atoms with E-state index in [1.54, 1.807) is 0 Å². The van der Waals surface area contributed by atoms with Gasteiger partial charge in [-0.1, -0.05) is 34.1 Å². The van der Waals surface area contributed by atoms with E-state index in [1.807, 2.05) is 30.3 Å². The van der Waals surface area contributed by atoms with Crippen LogP contribution in [0.1, 0.15) is 15.2 Å². The highest BCUT2D eigenvalue weighted by Crippen LogP contribution is 2.32. The predicted octanol–water partition coefficient (Wildman–Crippen LogP) is 4.97. The van der Waals surface area contributed by atoms with E-state index < -0.39 is 0 Å². The van der Waals surface area contributed by atoms with Crippen LogP contribution in [-0.2, 0) is 6.54 Å². The summed E-state index contributed by atoms with van der Waals surface area (Å²) >= 11 is 11.6. The number of carbonyl (C=O) groups excluding carboxylic acids is 1. The van der Waals surface area contributed by atoms with E-state index in [1.165, 1.54) is 11.3 Å². The molecule has 0 aliphatic heterocycles. The highest BCUT2D eigenvalue weighted by molar-refractivity contribution is 9.13. The van der Waals surface area contributed by atoms with E-state index in [0.717, 1.165) is 18.3 Å². The molecule has 0 atom stereocenters. The summed E-state index contributed by atoms with van der Waals surface area (Å²) in [4.78, 5) is 12.6. The Morgan fingerprint density at radius 3 is 2.50 bits per heavy atom. The normalized spacial score (nSPS) is 10.4. The van der Waals surface area contributed by atoms with Crippen molar-refractivity contribution in [1.82, 2.24) is 5.32 Å². The molecule has 0 saturated carbocycles. The first-order chi connectivity index (χ1) is 8.58. The summed E-state index contributed by atoms with van der Waals surface area (Å²) in [5, 5.41) is 2.90. The quantitative estimate of drug-likeness (QED) is 0.698. The highest BCUT2D eigenvalue weighted by Gasteiger charge is 2.11. The monoisotopic (exact) mass is 451 g/mol. The number of amides is 1. The van der Waals surface area contributed by atoms with Crippen molar-refractivity contribution in [3.05, 3.63) is 53.5 Å². The lowest BCUT2D eigenvalue weighted by molar-refractivity contribution is 0.0955. The first-order valence-electron chi connectivity index (χ1n) is 5.04. The lowest BCUT2D eigenvalue weighted by Gasteiger charge is -2.05. The molecule has 0 unspecified atom stereocenters. The second-order valence-electron chi connectivity index (χ2n) is 3.51. The Kier molecular flexibility index (Phi) is 5.00. The van der Waals surface area contributed by atoms with Crippen molar-refractivity contribution in [3.63, 3.8) is 0 Å². The van der Waals surface area contributed by atoms with E-state index in [4.69, 9.17) is 0 Å². The Morgan fingerprint density at radius 2 is 1.89 bits per heavy atom. The molecule has 2 aromatic rings. The smallest absolute Gasteiger partial charge is 0.261 e. The third kappa shape index (κ3) is 3.44. The lowest BCUT2D eigenvalue weighted by atomic mass is 10.2. The molecule has 0 aliphatic rings. The first-order valence-corrected chi connectivity index (χ1v) is 8.24. The summed E-state index contributed by atoms with van der Waals surface area (Å²) in [6, 6.07) is 9.64. The van der Waals surface area contributed by atoms with Gasteiger partial charge < -0.3 is 5.32 Å². The molecule has 6 heteroatoms. The van der Waals surface area contributed by atoms with Crippen molar-refractivity contribution in [2.75, 3.05) is 0 Å². The van der Waals surface area contributed by atoms with Gasteiger partial charge in [0.05, 0.1) is 8.66 Å². The molecule has 0 fully saturated rings. The fraction of sp³-hybridized carbons (Fsp3) is 0.0833. The third-order valence-corrected chi connectivity index (χ3v) is 6.29. The molecular weight excluding hydrogens is 446 g/mol. The maximum absolute atomic E-state index is 11.9.